The minimum absolute atomic E-state index is 0.414. The highest BCUT2D eigenvalue weighted by molar-refractivity contribution is 6.30. The summed E-state index contributed by atoms with van der Waals surface area (Å²) in [6.45, 7) is 0. The lowest BCUT2D eigenvalue weighted by atomic mass is 9.66. The number of hydrogen-bond donors (Lipinski definition) is 1. The molecule has 4 heteroatoms. The van der Waals surface area contributed by atoms with Crippen molar-refractivity contribution in [2.75, 3.05) is 5.73 Å². The van der Waals surface area contributed by atoms with Crippen LogP contribution in [0.1, 0.15) is 55.6 Å². The summed E-state index contributed by atoms with van der Waals surface area (Å²) in [5.41, 5.74) is 28.3. The van der Waals surface area contributed by atoms with Gasteiger partial charge in [-0.25, -0.2) is 0 Å². The Kier molecular flexibility index (Phi) is 11.9. The standard InChI is InChI=1S/C38H26O.C25H15ClO.C12H11N/c1-2-12-27(13-3-1)29-15-5-4-14-28(29)24-26-22-23-37-35(25-26)38(34-20-10-11-21-36(34)39-37)32-18-8-6-16-30(32)31-17-7-9-19-33(31)38;26-16-13-14-24-22(15-16)25(21-11-5-6-12-23(21)27-24)19-9-3-1-7-17(19)18-8-2-4-10-20(18)25;13-12-9-5-4-8-11(12)10-6-2-1-3-7-10/h1-23,25H,24H2;1-15H;1-9H,13H2. The van der Waals surface area contributed by atoms with Gasteiger partial charge in [-0.1, -0.05) is 260 Å². The van der Waals surface area contributed by atoms with Crippen LogP contribution in [0.5, 0.6) is 23.0 Å². The minimum atomic E-state index is -0.424. The third-order valence-corrected chi connectivity index (χ3v) is 16.5. The highest BCUT2D eigenvalue weighted by Crippen LogP contribution is 2.64. The Balaban J connectivity index is 0.000000121. The zero-order valence-electron chi connectivity index (χ0n) is 43.2. The van der Waals surface area contributed by atoms with Crippen LogP contribution in [-0.4, -0.2) is 0 Å². The van der Waals surface area contributed by atoms with Crippen LogP contribution in [0.3, 0.4) is 0 Å². The predicted molar refractivity (Wildman–Crippen MR) is 324 cm³/mol. The second-order valence-corrected chi connectivity index (χ2v) is 20.9. The van der Waals surface area contributed by atoms with Crippen LogP contribution in [0.2, 0.25) is 5.02 Å². The molecule has 2 N–H and O–H groups in total. The number of fused-ring (bicyclic) bond motifs is 18. The molecular formula is C75H52ClNO2. The zero-order chi connectivity index (χ0) is 52.9. The van der Waals surface area contributed by atoms with E-state index < -0.39 is 10.8 Å². The molecule has 0 unspecified atom stereocenters. The molecule has 3 nitrogen and oxygen atoms in total. The Hall–Kier alpha value is -9.67. The van der Waals surface area contributed by atoms with Crippen LogP contribution in [-0.2, 0) is 17.3 Å². The van der Waals surface area contributed by atoms with E-state index in [2.05, 4.69) is 231 Å². The third kappa shape index (κ3) is 7.80. The van der Waals surface area contributed by atoms with Gasteiger partial charge in [0.05, 0.1) is 10.8 Å². The van der Waals surface area contributed by atoms with E-state index in [0.717, 1.165) is 56.8 Å². The summed E-state index contributed by atoms with van der Waals surface area (Å²) in [5, 5.41) is 0.720. The third-order valence-electron chi connectivity index (χ3n) is 16.3. The van der Waals surface area contributed by atoms with Crippen molar-refractivity contribution in [2.24, 2.45) is 0 Å². The van der Waals surface area contributed by atoms with Gasteiger partial charge in [-0.3, -0.25) is 0 Å². The quantitative estimate of drug-likeness (QED) is 0.179. The van der Waals surface area contributed by atoms with Crippen molar-refractivity contribution in [1.82, 2.24) is 0 Å². The molecule has 12 aromatic rings. The second-order valence-electron chi connectivity index (χ2n) is 20.5. The molecular weight excluding hydrogens is 982 g/mol. The average molecular weight is 1030 g/mol. The summed E-state index contributed by atoms with van der Waals surface area (Å²) < 4.78 is 12.9. The molecule has 16 rings (SSSR count). The molecule has 0 bridgehead atoms. The molecule has 0 amide bonds. The monoisotopic (exact) mass is 1030 g/mol. The topological polar surface area (TPSA) is 44.5 Å². The molecule has 0 aromatic heterocycles. The van der Waals surface area contributed by atoms with Crippen molar-refractivity contribution in [2.45, 2.75) is 17.3 Å². The first kappa shape index (κ1) is 47.8. The SMILES string of the molecule is Clc1ccc2c(c1)C1(c3ccccc3O2)c2ccccc2-c2ccccc21.Nc1ccccc1-c1ccccc1.c1ccc(-c2ccccc2Cc2ccc3c(c2)C2(c4ccccc4O3)c3ccccc3-c3ccccc32)cc1. The Morgan fingerprint density at radius 1 is 0.291 bits per heavy atom. The largest absolute Gasteiger partial charge is 0.457 e. The molecule has 12 aromatic carbocycles. The molecule has 0 saturated carbocycles. The van der Waals surface area contributed by atoms with Gasteiger partial charge >= 0.3 is 0 Å². The number of benzene rings is 12. The molecule has 2 heterocycles. The summed E-state index contributed by atoms with van der Waals surface area (Å²) in [6, 6.07) is 102. The summed E-state index contributed by atoms with van der Waals surface area (Å²) in [6.07, 6.45) is 0.847. The summed E-state index contributed by atoms with van der Waals surface area (Å²) in [4.78, 5) is 0. The fourth-order valence-corrected chi connectivity index (χ4v) is 13.2. The predicted octanol–water partition coefficient (Wildman–Crippen LogP) is 19.2. The van der Waals surface area contributed by atoms with E-state index in [4.69, 9.17) is 26.8 Å². The zero-order valence-corrected chi connectivity index (χ0v) is 43.9. The van der Waals surface area contributed by atoms with Gasteiger partial charge < -0.3 is 15.2 Å². The Bertz CT molecular complexity index is 4190. The Labute approximate surface area is 466 Å². The van der Waals surface area contributed by atoms with Gasteiger partial charge in [0, 0.05) is 38.5 Å². The molecule has 2 spiro atoms. The van der Waals surface area contributed by atoms with E-state index in [9.17, 15) is 0 Å². The first-order chi connectivity index (χ1) is 39.0. The lowest BCUT2D eigenvalue weighted by Gasteiger charge is -2.39. The first-order valence-corrected chi connectivity index (χ1v) is 27.3. The maximum atomic E-state index is 6.59. The molecule has 79 heavy (non-hydrogen) atoms. The van der Waals surface area contributed by atoms with Crippen LogP contribution in [0, 0.1) is 0 Å². The van der Waals surface area contributed by atoms with E-state index >= 15 is 0 Å². The molecule has 376 valence electrons. The Morgan fingerprint density at radius 2 is 0.646 bits per heavy atom. The summed E-state index contributed by atoms with van der Waals surface area (Å²) in [5.74, 6) is 3.63. The summed E-state index contributed by atoms with van der Waals surface area (Å²) >= 11 is 6.46. The van der Waals surface area contributed by atoms with E-state index in [1.807, 2.05) is 60.7 Å². The van der Waals surface area contributed by atoms with Crippen molar-refractivity contribution >= 4 is 17.3 Å². The first-order valence-electron chi connectivity index (χ1n) is 26.9. The number of nitrogen functional groups attached to an aromatic ring is 1. The van der Waals surface area contributed by atoms with Crippen LogP contribution >= 0.6 is 11.6 Å². The van der Waals surface area contributed by atoms with Crippen molar-refractivity contribution in [3.8, 4) is 67.5 Å². The Morgan fingerprint density at radius 3 is 1.14 bits per heavy atom. The molecule has 0 radical (unpaired) electrons. The van der Waals surface area contributed by atoms with Crippen molar-refractivity contribution in [3.63, 3.8) is 0 Å². The molecule has 0 saturated heterocycles. The van der Waals surface area contributed by atoms with Gasteiger partial charge in [-0.2, -0.15) is 0 Å². The van der Waals surface area contributed by atoms with Crippen molar-refractivity contribution in [3.05, 3.63) is 352 Å². The lowest BCUT2D eigenvalue weighted by Crippen LogP contribution is -2.32. The summed E-state index contributed by atoms with van der Waals surface area (Å²) in [7, 11) is 0. The molecule has 2 aliphatic heterocycles. The highest BCUT2D eigenvalue weighted by atomic mass is 35.5. The fraction of sp³-hybridized carbons (Fsp3) is 0.0400. The number of hydrogen-bond acceptors (Lipinski definition) is 3. The maximum absolute atomic E-state index is 6.59. The number of rotatable bonds is 4. The number of halogens is 1. The minimum Gasteiger partial charge on any atom is -0.457 e. The normalized spacial score (nSPS) is 13.4. The molecule has 2 aliphatic carbocycles. The molecule has 0 atom stereocenters. The van der Waals surface area contributed by atoms with Crippen LogP contribution in [0.25, 0.3) is 44.5 Å². The average Bonchev–Trinajstić information content (AvgIpc) is 2.89. The van der Waals surface area contributed by atoms with Gasteiger partial charge in [0.25, 0.3) is 0 Å². The van der Waals surface area contributed by atoms with Gasteiger partial charge in [0.15, 0.2) is 0 Å². The van der Waals surface area contributed by atoms with E-state index in [0.29, 0.717) is 0 Å². The maximum Gasteiger partial charge on any atom is 0.132 e. The van der Waals surface area contributed by atoms with E-state index in [1.54, 1.807) is 0 Å². The lowest BCUT2D eigenvalue weighted by molar-refractivity contribution is 0.436. The van der Waals surface area contributed by atoms with Gasteiger partial charge in [0.2, 0.25) is 0 Å². The number of anilines is 1. The van der Waals surface area contributed by atoms with Crippen LogP contribution in [0.15, 0.2) is 291 Å². The van der Waals surface area contributed by atoms with Crippen LogP contribution < -0.4 is 15.2 Å². The van der Waals surface area contributed by atoms with Gasteiger partial charge in [-0.15, -0.1) is 0 Å². The van der Waals surface area contributed by atoms with Gasteiger partial charge in [0.1, 0.15) is 23.0 Å². The number of para-hydroxylation sites is 3. The molecule has 4 aliphatic rings. The number of ether oxygens (including phenoxy) is 2. The van der Waals surface area contributed by atoms with Crippen LogP contribution in [0.4, 0.5) is 5.69 Å². The second kappa shape index (κ2) is 19.7. The van der Waals surface area contributed by atoms with Gasteiger partial charge in [-0.05, 0) is 121 Å². The van der Waals surface area contributed by atoms with Crippen molar-refractivity contribution < 1.29 is 9.47 Å². The van der Waals surface area contributed by atoms with E-state index in [1.165, 1.54) is 83.5 Å². The highest BCUT2D eigenvalue weighted by Gasteiger charge is 2.52. The fourth-order valence-electron chi connectivity index (χ4n) is 13.0. The molecule has 0 fully saturated rings. The van der Waals surface area contributed by atoms with E-state index in [-0.39, 0.29) is 0 Å². The van der Waals surface area contributed by atoms with Crippen molar-refractivity contribution in [1.29, 1.82) is 0 Å². The number of nitrogens with two attached hydrogens (primary N) is 1. The smallest absolute Gasteiger partial charge is 0.132 e.